The Kier molecular flexibility index (Phi) is 4.03. The summed E-state index contributed by atoms with van der Waals surface area (Å²) < 4.78 is 15.1. The number of aromatic hydroxyl groups is 1. The van der Waals surface area contributed by atoms with Gasteiger partial charge in [-0.1, -0.05) is 0 Å². The lowest BCUT2D eigenvalue weighted by molar-refractivity contribution is 0.0959. The third kappa shape index (κ3) is 2.20. The molecule has 0 heterocycles. The van der Waals surface area contributed by atoms with Crippen LogP contribution in [-0.2, 0) is 0 Å². The van der Waals surface area contributed by atoms with Gasteiger partial charge in [0.05, 0.1) is 26.9 Å². The predicted octanol–water partition coefficient (Wildman–Crippen LogP) is 0.778. The van der Waals surface area contributed by atoms with E-state index in [9.17, 15) is 9.90 Å². The average Bonchev–Trinajstić information content (AvgIpc) is 2.36. The van der Waals surface area contributed by atoms with Crippen LogP contribution >= 0.6 is 0 Å². The first-order valence-electron chi connectivity index (χ1n) is 4.84. The van der Waals surface area contributed by atoms with Gasteiger partial charge in [0.1, 0.15) is 0 Å². The van der Waals surface area contributed by atoms with E-state index >= 15 is 0 Å². The summed E-state index contributed by atoms with van der Waals surface area (Å²) in [5.74, 6) is -0.127. The zero-order chi connectivity index (χ0) is 13.0. The summed E-state index contributed by atoms with van der Waals surface area (Å²) in [7, 11) is 5.68. The van der Waals surface area contributed by atoms with Crippen molar-refractivity contribution in [1.29, 1.82) is 0 Å². The monoisotopic (exact) mass is 241 g/mol. The van der Waals surface area contributed by atoms with Crippen LogP contribution in [0.3, 0.4) is 0 Å². The molecule has 2 N–H and O–H groups in total. The molecule has 0 aromatic heterocycles. The molecule has 0 aliphatic carbocycles. The molecule has 1 aromatic rings. The molecule has 0 bridgehead atoms. The number of phenols is 1. The van der Waals surface area contributed by atoms with Crippen molar-refractivity contribution < 1.29 is 24.1 Å². The highest BCUT2D eigenvalue weighted by molar-refractivity contribution is 5.98. The number of hydrogen-bond donors (Lipinski definition) is 2. The molecule has 0 saturated carbocycles. The van der Waals surface area contributed by atoms with Crippen LogP contribution in [0.1, 0.15) is 10.4 Å². The maximum atomic E-state index is 11.5. The summed E-state index contributed by atoms with van der Waals surface area (Å²) in [6, 6.07) is 1.38. The predicted molar refractivity (Wildman–Crippen MR) is 61.2 cm³/mol. The number of methoxy groups -OCH3 is 3. The van der Waals surface area contributed by atoms with E-state index in [0.717, 1.165) is 0 Å². The molecule has 6 heteroatoms. The van der Waals surface area contributed by atoms with E-state index in [-0.39, 0.29) is 22.8 Å². The number of nitrogens with one attached hydrogen (secondary N) is 1. The smallest absolute Gasteiger partial charge is 0.255 e. The van der Waals surface area contributed by atoms with Crippen molar-refractivity contribution in [3.8, 4) is 23.0 Å². The first-order chi connectivity index (χ1) is 8.10. The Morgan fingerprint density at radius 2 is 1.76 bits per heavy atom. The zero-order valence-corrected chi connectivity index (χ0v) is 10.2. The maximum absolute atomic E-state index is 11.5. The van der Waals surface area contributed by atoms with Gasteiger partial charge in [-0.3, -0.25) is 4.79 Å². The molecular weight excluding hydrogens is 226 g/mol. The molecule has 1 aromatic carbocycles. The highest BCUT2D eigenvalue weighted by atomic mass is 16.5. The SMILES string of the molecule is CNC(=O)c1cc(OC)c(OC)c(OC)c1O. The van der Waals surface area contributed by atoms with E-state index < -0.39 is 5.91 Å². The van der Waals surface area contributed by atoms with Crippen LogP contribution in [-0.4, -0.2) is 39.4 Å². The van der Waals surface area contributed by atoms with Gasteiger partial charge in [0.2, 0.25) is 11.5 Å². The van der Waals surface area contributed by atoms with Crippen molar-refractivity contribution in [2.24, 2.45) is 0 Å². The zero-order valence-electron chi connectivity index (χ0n) is 10.2. The van der Waals surface area contributed by atoms with Crippen LogP contribution < -0.4 is 19.5 Å². The first-order valence-corrected chi connectivity index (χ1v) is 4.84. The fourth-order valence-corrected chi connectivity index (χ4v) is 1.45. The lowest BCUT2D eigenvalue weighted by Gasteiger charge is -2.15. The summed E-state index contributed by atoms with van der Waals surface area (Å²) >= 11 is 0. The van der Waals surface area contributed by atoms with E-state index in [1.54, 1.807) is 0 Å². The van der Waals surface area contributed by atoms with Gasteiger partial charge in [0, 0.05) is 13.1 Å². The van der Waals surface area contributed by atoms with Crippen LogP contribution in [0.5, 0.6) is 23.0 Å². The standard InChI is InChI=1S/C11H15NO5/c1-12-11(14)6-5-7(15-2)9(16-3)10(17-4)8(6)13/h5,13H,1-4H3,(H,12,14). The molecule has 0 saturated heterocycles. The minimum atomic E-state index is -0.443. The molecule has 0 fully saturated rings. The number of carbonyl (C=O) groups excluding carboxylic acids is 1. The highest BCUT2D eigenvalue weighted by Gasteiger charge is 2.23. The van der Waals surface area contributed by atoms with E-state index in [1.165, 1.54) is 34.4 Å². The van der Waals surface area contributed by atoms with E-state index in [0.29, 0.717) is 5.75 Å². The molecule has 1 rings (SSSR count). The Morgan fingerprint density at radius 3 is 2.18 bits per heavy atom. The van der Waals surface area contributed by atoms with Crippen molar-refractivity contribution in [2.75, 3.05) is 28.4 Å². The molecule has 1 amide bonds. The third-order valence-electron chi connectivity index (χ3n) is 2.28. The minimum absolute atomic E-state index is 0.0574. The number of rotatable bonds is 4. The van der Waals surface area contributed by atoms with E-state index in [4.69, 9.17) is 14.2 Å². The van der Waals surface area contributed by atoms with Crippen LogP contribution in [0.4, 0.5) is 0 Å². The Bertz CT molecular complexity index is 430. The molecule has 0 unspecified atom stereocenters. The topological polar surface area (TPSA) is 77.0 Å². The Hall–Kier alpha value is -2.11. The lowest BCUT2D eigenvalue weighted by atomic mass is 10.1. The van der Waals surface area contributed by atoms with Gasteiger partial charge < -0.3 is 24.6 Å². The number of benzene rings is 1. The molecule has 17 heavy (non-hydrogen) atoms. The fourth-order valence-electron chi connectivity index (χ4n) is 1.45. The molecule has 0 radical (unpaired) electrons. The van der Waals surface area contributed by atoms with Crippen LogP contribution in [0, 0.1) is 0 Å². The van der Waals surface area contributed by atoms with Gasteiger partial charge in [0.15, 0.2) is 11.5 Å². The van der Waals surface area contributed by atoms with Gasteiger partial charge in [-0.05, 0) is 0 Å². The molecular formula is C11H15NO5. The Morgan fingerprint density at radius 1 is 1.18 bits per heavy atom. The van der Waals surface area contributed by atoms with Gasteiger partial charge in [-0.25, -0.2) is 0 Å². The fraction of sp³-hybridized carbons (Fsp3) is 0.364. The number of carbonyl (C=O) groups is 1. The van der Waals surface area contributed by atoms with Gasteiger partial charge in [0.25, 0.3) is 5.91 Å². The normalized spacial score (nSPS) is 9.65. The summed E-state index contributed by atoms with van der Waals surface area (Å²) in [4.78, 5) is 11.5. The number of phenolic OH excluding ortho intramolecular Hbond substituents is 1. The van der Waals surface area contributed by atoms with E-state index in [1.807, 2.05) is 0 Å². The van der Waals surface area contributed by atoms with Crippen molar-refractivity contribution in [3.05, 3.63) is 11.6 Å². The average molecular weight is 241 g/mol. The van der Waals surface area contributed by atoms with Gasteiger partial charge >= 0.3 is 0 Å². The van der Waals surface area contributed by atoms with Crippen molar-refractivity contribution >= 4 is 5.91 Å². The van der Waals surface area contributed by atoms with Crippen molar-refractivity contribution in [2.45, 2.75) is 0 Å². The van der Waals surface area contributed by atoms with Crippen LogP contribution in [0.2, 0.25) is 0 Å². The molecule has 0 spiro atoms. The van der Waals surface area contributed by atoms with Gasteiger partial charge in [-0.2, -0.15) is 0 Å². The second kappa shape index (κ2) is 5.29. The van der Waals surface area contributed by atoms with Gasteiger partial charge in [-0.15, -0.1) is 0 Å². The number of amides is 1. The largest absolute Gasteiger partial charge is 0.504 e. The van der Waals surface area contributed by atoms with Crippen LogP contribution in [0.15, 0.2) is 6.07 Å². The Labute approximate surface area is 99.1 Å². The lowest BCUT2D eigenvalue weighted by Crippen LogP contribution is -2.18. The molecule has 0 atom stereocenters. The summed E-state index contributed by atoms with van der Waals surface area (Å²) in [6.45, 7) is 0. The van der Waals surface area contributed by atoms with Crippen LogP contribution in [0.25, 0.3) is 0 Å². The quantitative estimate of drug-likeness (QED) is 0.814. The second-order valence-electron chi connectivity index (χ2n) is 3.12. The highest BCUT2D eigenvalue weighted by Crippen LogP contribution is 2.45. The first kappa shape index (κ1) is 13.0. The molecule has 0 aliphatic rings. The van der Waals surface area contributed by atoms with Crippen molar-refractivity contribution in [1.82, 2.24) is 5.32 Å². The minimum Gasteiger partial charge on any atom is -0.504 e. The summed E-state index contributed by atoms with van der Waals surface area (Å²) in [5, 5.41) is 12.3. The summed E-state index contributed by atoms with van der Waals surface area (Å²) in [6.07, 6.45) is 0. The van der Waals surface area contributed by atoms with Crippen molar-refractivity contribution in [3.63, 3.8) is 0 Å². The van der Waals surface area contributed by atoms with E-state index in [2.05, 4.69) is 5.32 Å². The number of ether oxygens (including phenoxy) is 3. The molecule has 0 aliphatic heterocycles. The molecule has 94 valence electrons. The third-order valence-corrected chi connectivity index (χ3v) is 2.28. The Balaban J connectivity index is 3.50. The summed E-state index contributed by atoms with van der Waals surface area (Å²) in [5.41, 5.74) is 0.0574. The second-order valence-corrected chi connectivity index (χ2v) is 3.12. The molecule has 6 nitrogen and oxygen atoms in total. The number of hydrogen-bond acceptors (Lipinski definition) is 5. The maximum Gasteiger partial charge on any atom is 0.255 e.